The molecule has 24 heavy (non-hydrogen) atoms. The number of amides is 1. The molecule has 1 aromatic carbocycles. The number of fused-ring (bicyclic) bond motifs is 1. The van der Waals surface area contributed by atoms with Gasteiger partial charge in [-0.3, -0.25) is 9.59 Å². The number of sulfone groups is 1. The second-order valence-corrected chi connectivity index (χ2v) is 7.86. The lowest BCUT2D eigenvalue weighted by molar-refractivity contribution is -0.141. The third-order valence-electron chi connectivity index (χ3n) is 3.45. The molecule has 0 aliphatic carbocycles. The molecule has 0 radical (unpaired) electrons. The molecule has 1 atom stereocenters. The van der Waals surface area contributed by atoms with Crippen LogP contribution in [0.1, 0.15) is 12.7 Å². The second kappa shape index (κ2) is 7.00. The van der Waals surface area contributed by atoms with Crippen molar-refractivity contribution in [1.29, 1.82) is 0 Å². The predicted molar refractivity (Wildman–Crippen MR) is 88.1 cm³/mol. The van der Waals surface area contributed by atoms with Crippen LogP contribution in [0.2, 0.25) is 0 Å². The second-order valence-electron chi connectivity index (χ2n) is 5.72. The van der Waals surface area contributed by atoms with Crippen LogP contribution in [0, 0.1) is 5.92 Å². The smallest absolute Gasteiger partial charge is 0.308 e. The van der Waals surface area contributed by atoms with Crippen LogP contribution < -0.4 is 5.32 Å². The van der Waals surface area contributed by atoms with Gasteiger partial charge in [0, 0.05) is 12.8 Å². The van der Waals surface area contributed by atoms with Crippen LogP contribution in [0.4, 0.5) is 0 Å². The summed E-state index contributed by atoms with van der Waals surface area (Å²) < 4.78 is 24.7. The normalized spacial score (nSPS) is 12.9. The van der Waals surface area contributed by atoms with Gasteiger partial charge in [-0.15, -0.1) is 0 Å². The zero-order chi connectivity index (χ0) is 17.9. The monoisotopic (exact) mass is 353 g/mol. The van der Waals surface area contributed by atoms with E-state index in [1.54, 1.807) is 24.3 Å². The van der Waals surface area contributed by atoms with Crippen molar-refractivity contribution in [3.63, 3.8) is 0 Å². The molecule has 0 bridgehead atoms. The Kier molecular flexibility index (Phi) is 5.23. The predicted octanol–water partition coefficient (Wildman–Crippen LogP) is 0.418. The minimum atomic E-state index is -3.31. The molecular weight excluding hydrogens is 334 g/mol. The standard InChI is InChI=1S/C15H19N3O5S/c1-10(15(20)21)7-16-14(19)8-18-12-6-4-3-5-11(12)17-13(18)9-24(2,22)23/h3-6,10H,7-9H2,1-2H3,(H,16,19)(H,20,21). The number of carboxylic acid groups (broad SMARTS) is 1. The number of imidazole rings is 1. The summed E-state index contributed by atoms with van der Waals surface area (Å²) in [6.07, 6.45) is 1.10. The van der Waals surface area contributed by atoms with E-state index in [1.807, 2.05) is 0 Å². The third-order valence-corrected chi connectivity index (χ3v) is 4.24. The molecule has 0 saturated heterocycles. The van der Waals surface area contributed by atoms with Crippen LogP contribution in [-0.2, 0) is 31.7 Å². The number of nitrogens with one attached hydrogen (secondary N) is 1. The van der Waals surface area contributed by atoms with Crippen molar-refractivity contribution in [2.45, 2.75) is 19.2 Å². The van der Waals surface area contributed by atoms with Gasteiger partial charge in [0.2, 0.25) is 5.91 Å². The van der Waals surface area contributed by atoms with Crippen LogP contribution in [0.25, 0.3) is 11.0 Å². The Hall–Kier alpha value is -2.42. The van der Waals surface area contributed by atoms with E-state index < -0.39 is 27.6 Å². The van der Waals surface area contributed by atoms with Crippen LogP contribution in [-0.4, -0.2) is 47.8 Å². The number of rotatable bonds is 7. The van der Waals surface area contributed by atoms with Crippen molar-refractivity contribution in [2.24, 2.45) is 5.92 Å². The van der Waals surface area contributed by atoms with E-state index in [2.05, 4.69) is 10.3 Å². The molecule has 130 valence electrons. The number of carbonyl (C=O) groups is 2. The maximum Gasteiger partial charge on any atom is 0.308 e. The first kappa shape index (κ1) is 17.9. The van der Waals surface area contributed by atoms with Gasteiger partial charge in [0.15, 0.2) is 9.84 Å². The van der Waals surface area contributed by atoms with Gasteiger partial charge in [0.25, 0.3) is 0 Å². The fourth-order valence-corrected chi connectivity index (χ4v) is 2.89. The summed E-state index contributed by atoms with van der Waals surface area (Å²) in [5.41, 5.74) is 1.25. The van der Waals surface area contributed by atoms with Crippen LogP contribution >= 0.6 is 0 Å². The third kappa shape index (κ3) is 4.54. The van der Waals surface area contributed by atoms with E-state index in [0.717, 1.165) is 6.26 Å². The van der Waals surface area contributed by atoms with Gasteiger partial charge < -0.3 is 15.0 Å². The van der Waals surface area contributed by atoms with Gasteiger partial charge >= 0.3 is 5.97 Å². The molecule has 2 rings (SSSR count). The lowest BCUT2D eigenvalue weighted by Crippen LogP contribution is -2.34. The molecule has 8 nitrogen and oxygen atoms in total. The summed E-state index contributed by atoms with van der Waals surface area (Å²) >= 11 is 0. The Morgan fingerprint density at radius 1 is 1.33 bits per heavy atom. The first-order valence-corrected chi connectivity index (χ1v) is 9.35. The number of aromatic nitrogens is 2. The van der Waals surface area contributed by atoms with E-state index in [9.17, 15) is 18.0 Å². The molecule has 2 aromatic rings. The number of aliphatic carboxylic acids is 1. The van der Waals surface area contributed by atoms with E-state index >= 15 is 0 Å². The topological polar surface area (TPSA) is 118 Å². The summed E-state index contributed by atoms with van der Waals surface area (Å²) in [7, 11) is -3.31. The van der Waals surface area contributed by atoms with E-state index in [-0.39, 0.29) is 24.7 Å². The van der Waals surface area contributed by atoms with Crippen molar-refractivity contribution in [3.8, 4) is 0 Å². The molecule has 0 aliphatic heterocycles. The highest BCUT2D eigenvalue weighted by atomic mass is 32.2. The number of hydrogen-bond donors (Lipinski definition) is 2. The van der Waals surface area contributed by atoms with Crippen LogP contribution in [0.5, 0.6) is 0 Å². The van der Waals surface area contributed by atoms with E-state index in [1.165, 1.54) is 11.5 Å². The fraction of sp³-hybridized carbons (Fsp3) is 0.400. The average molecular weight is 353 g/mol. The Labute approximate surface area is 139 Å². The van der Waals surface area contributed by atoms with E-state index in [0.29, 0.717) is 11.0 Å². The summed E-state index contributed by atoms with van der Waals surface area (Å²) in [5, 5.41) is 11.4. The molecule has 0 aliphatic rings. The molecule has 2 N–H and O–H groups in total. The summed E-state index contributed by atoms with van der Waals surface area (Å²) in [6.45, 7) is 1.37. The minimum Gasteiger partial charge on any atom is -0.481 e. The zero-order valence-corrected chi connectivity index (χ0v) is 14.2. The molecule has 1 heterocycles. The van der Waals surface area contributed by atoms with Crippen molar-refractivity contribution < 1.29 is 23.1 Å². The summed E-state index contributed by atoms with van der Waals surface area (Å²) in [5.74, 6) is -2.10. The number of carbonyl (C=O) groups excluding carboxylic acids is 1. The molecule has 1 unspecified atom stereocenters. The van der Waals surface area contributed by atoms with Crippen LogP contribution in [0.3, 0.4) is 0 Å². The highest BCUT2D eigenvalue weighted by Gasteiger charge is 2.18. The first-order chi connectivity index (χ1) is 11.2. The average Bonchev–Trinajstić information content (AvgIpc) is 2.80. The lowest BCUT2D eigenvalue weighted by Gasteiger charge is -2.11. The Morgan fingerprint density at radius 2 is 2.00 bits per heavy atom. The first-order valence-electron chi connectivity index (χ1n) is 7.29. The fourth-order valence-electron chi connectivity index (χ4n) is 2.20. The Balaban J connectivity index is 2.24. The quantitative estimate of drug-likeness (QED) is 0.745. The largest absolute Gasteiger partial charge is 0.481 e. The van der Waals surface area contributed by atoms with Crippen LogP contribution in [0.15, 0.2) is 24.3 Å². The zero-order valence-electron chi connectivity index (χ0n) is 13.4. The number of benzene rings is 1. The molecule has 9 heteroatoms. The van der Waals surface area contributed by atoms with Gasteiger partial charge in [0.1, 0.15) is 18.1 Å². The maximum absolute atomic E-state index is 12.1. The SMILES string of the molecule is CC(CNC(=O)Cn1c(CS(C)(=O)=O)nc2ccccc21)C(=O)O. The van der Waals surface area contributed by atoms with Gasteiger partial charge in [-0.25, -0.2) is 13.4 Å². The number of carboxylic acids is 1. The molecule has 1 amide bonds. The van der Waals surface area contributed by atoms with Gasteiger partial charge in [-0.05, 0) is 12.1 Å². The van der Waals surface area contributed by atoms with E-state index in [4.69, 9.17) is 5.11 Å². The van der Waals surface area contributed by atoms with Crippen molar-refractivity contribution in [3.05, 3.63) is 30.1 Å². The van der Waals surface area contributed by atoms with Crippen molar-refractivity contribution in [1.82, 2.24) is 14.9 Å². The molecular formula is C15H19N3O5S. The van der Waals surface area contributed by atoms with Crippen molar-refractivity contribution >= 4 is 32.7 Å². The number of para-hydroxylation sites is 2. The van der Waals surface area contributed by atoms with Gasteiger partial charge in [-0.2, -0.15) is 0 Å². The summed E-state index contributed by atoms with van der Waals surface area (Å²) in [6, 6.07) is 7.04. The number of hydrogen-bond acceptors (Lipinski definition) is 5. The number of nitrogens with zero attached hydrogens (tertiary/aromatic N) is 2. The molecule has 0 saturated carbocycles. The highest BCUT2D eigenvalue weighted by molar-refractivity contribution is 7.89. The Bertz CT molecular complexity index is 872. The maximum atomic E-state index is 12.1. The molecule has 1 aromatic heterocycles. The molecule has 0 fully saturated rings. The summed E-state index contributed by atoms with van der Waals surface area (Å²) in [4.78, 5) is 27.2. The molecule has 0 spiro atoms. The van der Waals surface area contributed by atoms with Gasteiger partial charge in [0.05, 0.1) is 17.0 Å². The minimum absolute atomic E-state index is 0.00219. The van der Waals surface area contributed by atoms with Gasteiger partial charge in [-0.1, -0.05) is 19.1 Å². The lowest BCUT2D eigenvalue weighted by atomic mass is 10.2. The Morgan fingerprint density at radius 3 is 2.62 bits per heavy atom. The van der Waals surface area contributed by atoms with Crippen molar-refractivity contribution in [2.75, 3.05) is 12.8 Å². The highest BCUT2D eigenvalue weighted by Crippen LogP contribution is 2.17.